The predicted octanol–water partition coefficient (Wildman–Crippen LogP) is 1.86. The number of hydrogen-bond donors (Lipinski definition) is 2. The van der Waals surface area contributed by atoms with Crippen LogP contribution in [0.5, 0.6) is 5.75 Å². The Labute approximate surface area is 151 Å². The molecule has 1 aliphatic heterocycles. The molecule has 3 rings (SSSR count). The topological polar surface area (TPSA) is 94.5 Å². The number of nitrogens with one attached hydrogen (secondary N) is 2. The van der Waals surface area contributed by atoms with Crippen molar-refractivity contribution in [2.24, 2.45) is 0 Å². The first-order chi connectivity index (χ1) is 12.6. The van der Waals surface area contributed by atoms with Crippen molar-refractivity contribution in [1.82, 2.24) is 15.1 Å². The molecule has 2 aromatic rings. The molecule has 0 aliphatic carbocycles. The molecule has 0 bridgehead atoms. The Morgan fingerprint density at radius 2 is 2.15 bits per heavy atom. The molecule has 1 fully saturated rings. The molecule has 0 spiro atoms. The van der Waals surface area contributed by atoms with E-state index in [1.165, 1.54) is 20.3 Å². The summed E-state index contributed by atoms with van der Waals surface area (Å²) < 4.78 is 11.7. The van der Waals surface area contributed by atoms with Crippen LogP contribution in [0, 0.1) is 0 Å². The first kappa shape index (κ1) is 17.9. The zero-order valence-electron chi connectivity index (χ0n) is 14.8. The second-order valence-electron chi connectivity index (χ2n) is 6.04. The number of esters is 1. The van der Waals surface area contributed by atoms with Crippen LogP contribution in [0.2, 0.25) is 0 Å². The lowest BCUT2D eigenvalue weighted by molar-refractivity contribution is 0.0601. The van der Waals surface area contributed by atoms with Gasteiger partial charge in [0.15, 0.2) is 5.69 Å². The van der Waals surface area contributed by atoms with E-state index in [1.807, 2.05) is 10.9 Å². The number of nitrogens with zero attached hydrogens (tertiary/aromatic N) is 2. The van der Waals surface area contributed by atoms with Crippen LogP contribution in [0.1, 0.15) is 39.7 Å². The Balaban J connectivity index is 1.77. The Bertz CT molecular complexity index is 796. The fourth-order valence-corrected chi connectivity index (χ4v) is 2.95. The van der Waals surface area contributed by atoms with E-state index in [9.17, 15) is 9.59 Å². The smallest absolute Gasteiger partial charge is 0.340 e. The molecule has 2 N–H and O–H groups in total. The highest BCUT2D eigenvalue weighted by atomic mass is 16.5. The van der Waals surface area contributed by atoms with E-state index in [0.717, 1.165) is 25.9 Å². The van der Waals surface area contributed by atoms with Crippen molar-refractivity contribution >= 4 is 17.6 Å². The maximum absolute atomic E-state index is 12.5. The van der Waals surface area contributed by atoms with Gasteiger partial charge in [-0.15, -0.1) is 0 Å². The van der Waals surface area contributed by atoms with Crippen LogP contribution >= 0.6 is 0 Å². The lowest BCUT2D eigenvalue weighted by Crippen LogP contribution is -2.32. The highest BCUT2D eigenvalue weighted by Gasteiger charge is 2.20. The van der Waals surface area contributed by atoms with Crippen LogP contribution in [0.15, 0.2) is 30.5 Å². The molecule has 1 aromatic heterocycles. The largest absolute Gasteiger partial charge is 0.497 e. The normalized spacial score (nSPS) is 16.8. The quantitative estimate of drug-likeness (QED) is 0.792. The SMILES string of the molecule is COC(=O)c1cc(OC)ccc1NC(=O)c1ccn(C2CCCNC2)n1. The van der Waals surface area contributed by atoms with Crippen LogP contribution in [0.3, 0.4) is 0 Å². The van der Waals surface area contributed by atoms with Gasteiger partial charge in [0.1, 0.15) is 5.75 Å². The monoisotopic (exact) mass is 358 g/mol. The number of piperidine rings is 1. The summed E-state index contributed by atoms with van der Waals surface area (Å²) in [5.74, 6) is -0.446. The average molecular weight is 358 g/mol. The number of anilines is 1. The number of carbonyl (C=O) groups is 2. The number of rotatable bonds is 5. The standard InChI is InChI=1S/C18H22N4O4/c1-25-13-5-6-15(14(10-13)18(24)26-2)20-17(23)16-7-9-22(21-16)12-4-3-8-19-11-12/h5-7,9-10,12,19H,3-4,8,11H2,1-2H3,(H,20,23). The second-order valence-corrected chi connectivity index (χ2v) is 6.04. The number of benzene rings is 1. The molecule has 2 heterocycles. The molecule has 1 saturated heterocycles. The molecule has 8 nitrogen and oxygen atoms in total. The van der Waals surface area contributed by atoms with Gasteiger partial charge in [-0.1, -0.05) is 0 Å². The van der Waals surface area contributed by atoms with Crippen LogP contribution in [0.4, 0.5) is 5.69 Å². The van der Waals surface area contributed by atoms with E-state index in [0.29, 0.717) is 17.1 Å². The minimum atomic E-state index is -0.557. The zero-order valence-corrected chi connectivity index (χ0v) is 14.8. The van der Waals surface area contributed by atoms with Gasteiger partial charge in [-0.3, -0.25) is 9.48 Å². The van der Waals surface area contributed by atoms with E-state index >= 15 is 0 Å². The molecule has 0 saturated carbocycles. The van der Waals surface area contributed by atoms with E-state index < -0.39 is 5.97 Å². The van der Waals surface area contributed by atoms with Crippen molar-refractivity contribution < 1.29 is 19.1 Å². The van der Waals surface area contributed by atoms with E-state index in [2.05, 4.69) is 15.7 Å². The third kappa shape index (κ3) is 3.85. The lowest BCUT2D eigenvalue weighted by atomic mass is 10.1. The van der Waals surface area contributed by atoms with Gasteiger partial charge >= 0.3 is 5.97 Å². The molecular weight excluding hydrogens is 336 g/mol. The van der Waals surface area contributed by atoms with Crippen LogP contribution in [-0.4, -0.2) is 49.0 Å². The van der Waals surface area contributed by atoms with Crippen molar-refractivity contribution in [2.75, 3.05) is 32.6 Å². The number of hydrogen-bond acceptors (Lipinski definition) is 6. The molecule has 138 valence electrons. The van der Waals surface area contributed by atoms with E-state index in [4.69, 9.17) is 9.47 Å². The molecule has 26 heavy (non-hydrogen) atoms. The molecule has 8 heteroatoms. The minimum Gasteiger partial charge on any atom is -0.497 e. The molecule has 1 aromatic carbocycles. The molecule has 0 radical (unpaired) electrons. The average Bonchev–Trinajstić information content (AvgIpc) is 3.18. The van der Waals surface area contributed by atoms with Crippen molar-refractivity contribution in [3.63, 3.8) is 0 Å². The molecular formula is C18H22N4O4. The summed E-state index contributed by atoms with van der Waals surface area (Å²) in [4.78, 5) is 24.5. The predicted molar refractivity (Wildman–Crippen MR) is 95.7 cm³/mol. The first-order valence-electron chi connectivity index (χ1n) is 8.46. The zero-order chi connectivity index (χ0) is 18.5. The van der Waals surface area contributed by atoms with Crippen LogP contribution < -0.4 is 15.4 Å². The summed E-state index contributed by atoms with van der Waals surface area (Å²) in [6.45, 7) is 1.85. The molecule has 1 amide bonds. The maximum Gasteiger partial charge on any atom is 0.340 e. The maximum atomic E-state index is 12.5. The number of carbonyl (C=O) groups excluding carboxylic acids is 2. The Hall–Kier alpha value is -2.87. The summed E-state index contributed by atoms with van der Waals surface area (Å²) in [5.41, 5.74) is 0.856. The van der Waals surface area contributed by atoms with Crippen molar-refractivity contribution in [1.29, 1.82) is 0 Å². The van der Waals surface area contributed by atoms with Gasteiger partial charge in [0, 0.05) is 12.7 Å². The Morgan fingerprint density at radius 3 is 2.85 bits per heavy atom. The fourth-order valence-electron chi connectivity index (χ4n) is 2.95. The number of aromatic nitrogens is 2. The molecule has 1 atom stereocenters. The van der Waals surface area contributed by atoms with Gasteiger partial charge in [-0.25, -0.2) is 4.79 Å². The second kappa shape index (κ2) is 8.01. The molecule has 1 unspecified atom stereocenters. The van der Waals surface area contributed by atoms with Crippen LogP contribution in [0.25, 0.3) is 0 Å². The van der Waals surface area contributed by atoms with Gasteiger partial charge < -0.3 is 20.1 Å². The lowest BCUT2D eigenvalue weighted by Gasteiger charge is -2.22. The van der Waals surface area contributed by atoms with Gasteiger partial charge in [-0.2, -0.15) is 5.10 Å². The third-order valence-electron chi connectivity index (χ3n) is 4.37. The Morgan fingerprint density at radius 1 is 1.31 bits per heavy atom. The summed E-state index contributed by atoms with van der Waals surface area (Å²) in [7, 11) is 2.79. The highest BCUT2D eigenvalue weighted by Crippen LogP contribution is 2.23. The van der Waals surface area contributed by atoms with Gasteiger partial charge in [-0.05, 0) is 43.7 Å². The van der Waals surface area contributed by atoms with Gasteiger partial charge in [0.25, 0.3) is 5.91 Å². The summed E-state index contributed by atoms with van der Waals surface area (Å²) in [5, 5.41) is 10.4. The Kier molecular flexibility index (Phi) is 5.52. The van der Waals surface area contributed by atoms with E-state index in [-0.39, 0.29) is 17.5 Å². The number of amides is 1. The number of methoxy groups -OCH3 is 2. The van der Waals surface area contributed by atoms with Gasteiger partial charge in [0.05, 0.1) is 31.5 Å². The van der Waals surface area contributed by atoms with Crippen LogP contribution in [-0.2, 0) is 4.74 Å². The highest BCUT2D eigenvalue weighted by molar-refractivity contribution is 6.07. The first-order valence-corrected chi connectivity index (χ1v) is 8.46. The summed E-state index contributed by atoms with van der Waals surface area (Å²) >= 11 is 0. The minimum absolute atomic E-state index is 0.219. The molecule has 1 aliphatic rings. The number of ether oxygens (including phenoxy) is 2. The van der Waals surface area contributed by atoms with E-state index in [1.54, 1.807) is 18.2 Å². The summed E-state index contributed by atoms with van der Waals surface area (Å²) in [6, 6.07) is 6.70. The fraction of sp³-hybridized carbons (Fsp3) is 0.389. The summed E-state index contributed by atoms with van der Waals surface area (Å²) in [6.07, 6.45) is 3.92. The van der Waals surface area contributed by atoms with Crippen molar-refractivity contribution in [3.05, 3.63) is 41.7 Å². The van der Waals surface area contributed by atoms with Crippen molar-refractivity contribution in [2.45, 2.75) is 18.9 Å². The van der Waals surface area contributed by atoms with Crippen molar-refractivity contribution in [3.8, 4) is 5.75 Å². The third-order valence-corrected chi connectivity index (χ3v) is 4.37. The van der Waals surface area contributed by atoms with Gasteiger partial charge in [0.2, 0.25) is 0 Å².